The molecular weight excluding hydrogens is 306 g/mol. The van der Waals surface area contributed by atoms with Gasteiger partial charge in [-0.05, 0) is 25.7 Å². The smallest absolute Gasteiger partial charge is 0.407 e. The third-order valence-corrected chi connectivity index (χ3v) is 4.08. The molecular formula is C15H27NO7. The van der Waals surface area contributed by atoms with E-state index >= 15 is 0 Å². The lowest BCUT2D eigenvalue weighted by atomic mass is 10.2. The Bertz CT molecular complexity index is 349. The number of carboxylic acid groups (broad SMARTS) is 1. The summed E-state index contributed by atoms with van der Waals surface area (Å²) >= 11 is 0. The van der Waals surface area contributed by atoms with Crippen molar-refractivity contribution in [3.05, 3.63) is 0 Å². The fourth-order valence-electron chi connectivity index (χ4n) is 2.86. The number of aliphatic hydroxyl groups excluding tert-OH is 1. The Labute approximate surface area is 136 Å². The number of aliphatic hydroxyl groups is 1. The molecule has 2 aliphatic rings. The highest BCUT2D eigenvalue weighted by Gasteiger charge is 2.35. The minimum atomic E-state index is -1.02. The van der Waals surface area contributed by atoms with E-state index in [0.717, 1.165) is 25.9 Å². The minimum absolute atomic E-state index is 0.0977. The Hall–Kier alpha value is -0.930. The molecule has 0 saturated carbocycles. The number of nitrogens with zero attached hydrogens (tertiary/aromatic N) is 1. The number of amides is 1. The molecule has 0 aromatic rings. The Morgan fingerprint density at radius 1 is 1.17 bits per heavy atom. The molecule has 1 amide bonds. The van der Waals surface area contributed by atoms with Crippen molar-refractivity contribution in [1.82, 2.24) is 4.90 Å². The van der Waals surface area contributed by atoms with Crippen LogP contribution in [-0.4, -0.2) is 85.8 Å². The second kappa shape index (κ2) is 10.0. The highest BCUT2D eigenvalue weighted by atomic mass is 16.7. The van der Waals surface area contributed by atoms with Crippen molar-refractivity contribution in [2.45, 2.75) is 44.1 Å². The van der Waals surface area contributed by atoms with E-state index in [0.29, 0.717) is 39.4 Å². The number of hydrogen-bond acceptors (Lipinski definition) is 6. The van der Waals surface area contributed by atoms with Crippen molar-refractivity contribution in [1.29, 1.82) is 0 Å². The molecule has 2 rings (SSSR count). The van der Waals surface area contributed by atoms with Crippen LogP contribution in [-0.2, 0) is 18.9 Å². The number of rotatable bonds is 9. The fraction of sp³-hybridized carbons (Fsp3) is 0.933. The molecule has 0 aliphatic carbocycles. The summed E-state index contributed by atoms with van der Waals surface area (Å²) in [5.74, 6) is 0. The van der Waals surface area contributed by atoms with Crippen molar-refractivity contribution in [3.8, 4) is 0 Å². The molecule has 0 spiro atoms. The van der Waals surface area contributed by atoms with E-state index in [-0.39, 0.29) is 25.0 Å². The van der Waals surface area contributed by atoms with E-state index in [2.05, 4.69) is 0 Å². The quantitative estimate of drug-likeness (QED) is 0.599. The van der Waals surface area contributed by atoms with E-state index in [4.69, 9.17) is 29.2 Å². The van der Waals surface area contributed by atoms with Gasteiger partial charge < -0.3 is 34.1 Å². The summed E-state index contributed by atoms with van der Waals surface area (Å²) in [7, 11) is 0. The molecule has 3 atom stereocenters. The van der Waals surface area contributed by atoms with Gasteiger partial charge >= 0.3 is 6.09 Å². The molecule has 0 bridgehead atoms. The zero-order valence-corrected chi connectivity index (χ0v) is 13.4. The molecule has 8 nitrogen and oxygen atoms in total. The number of likely N-dealkylation sites (tertiary alicyclic amines) is 1. The van der Waals surface area contributed by atoms with Crippen LogP contribution >= 0.6 is 0 Å². The lowest BCUT2D eigenvalue weighted by Crippen LogP contribution is -2.36. The Balaban J connectivity index is 1.47. The van der Waals surface area contributed by atoms with Crippen LogP contribution in [0.25, 0.3) is 0 Å². The molecule has 2 saturated heterocycles. The maximum Gasteiger partial charge on any atom is 0.407 e. The zero-order valence-electron chi connectivity index (χ0n) is 13.4. The summed E-state index contributed by atoms with van der Waals surface area (Å²) in [5, 5.41) is 18.2. The average molecular weight is 333 g/mol. The maximum atomic E-state index is 11.0. The lowest BCUT2D eigenvalue weighted by molar-refractivity contribution is -0.169. The third kappa shape index (κ3) is 6.23. The van der Waals surface area contributed by atoms with E-state index in [1.807, 2.05) is 0 Å². The van der Waals surface area contributed by atoms with Gasteiger partial charge in [0.1, 0.15) is 0 Å². The van der Waals surface area contributed by atoms with Gasteiger partial charge in [-0.2, -0.15) is 0 Å². The first-order chi connectivity index (χ1) is 11.2. The number of carbonyl (C=O) groups is 1. The SMILES string of the molecule is O=C(O)N1C[C@H](OCCOCCOC2CCCCO2)C[C@H]1CO. The van der Waals surface area contributed by atoms with E-state index in [1.54, 1.807) is 0 Å². The Morgan fingerprint density at radius 3 is 2.57 bits per heavy atom. The van der Waals surface area contributed by atoms with Crippen LogP contribution in [0.15, 0.2) is 0 Å². The standard InChI is InChI=1S/C15H27NO7/c17-11-12-9-13(10-16(12)15(18)19)21-7-5-20-6-8-23-14-3-1-2-4-22-14/h12-14,17H,1-11H2,(H,18,19)/t12-,13+,14?/m0/s1. The minimum Gasteiger partial charge on any atom is -0.465 e. The highest BCUT2D eigenvalue weighted by molar-refractivity contribution is 5.66. The van der Waals surface area contributed by atoms with Gasteiger partial charge in [-0.25, -0.2) is 4.79 Å². The van der Waals surface area contributed by atoms with Crippen LogP contribution in [0.4, 0.5) is 4.79 Å². The summed E-state index contributed by atoms with van der Waals surface area (Å²) in [6, 6.07) is -0.373. The lowest BCUT2D eigenvalue weighted by Gasteiger charge is -2.22. The molecule has 0 radical (unpaired) electrons. The van der Waals surface area contributed by atoms with Crippen molar-refractivity contribution in [2.24, 2.45) is 0 Å². The van der Waals surface area contributed by atoms with Crippen LogP contribution < -0.4 is 0 Å². The van der Waals surface area contributed by atoms with Gasteiger partial charge in [-0.1, -0.05) is 0 Å². The fourth-order valence-corrected chi connectivity index (χ4v) is 2.86. The summed E-state index contributed by atoms with van der Waals surface area (Å²) in [6.07, 6.45) is 2.41. The topological polar surface area (TPSA) is 97.7 Å². The van der Waals surface area contributed by atoms with Gasteiger partial charge in [-0.15, -0.1) is 0 Å². The van der Waals surface area contributed by atoms with E-state index in [1.165, 1.54) is 4.90 Å². The van der Waals surface area contributed by atoms with Gasteiger partial charge in [0.15, 0.2) is 6.29 Å². The maximum absolute atomic E-state index is 11.0. The molecule has 2 N–H and O–H groups in total. The van der Waals surface area contributed by atoms with Crippen molar-refractivity contribution in [2.75, 3.05) is 46.2 Å². The Morgan fingerprint density at radius 2 is 1.96 bits per heavy atom. The summed E-state index contributed by atoms with van der Waals surface area (Å²) in [6.45, 7) is 2.69. The van der Waals surface area contributed by atoms with Crippen molar-refractivity contribution < 1.29 is 34.0 Å². The second-order valence-electron chi connectivity index (χ2n) is 5.78. The van der Waals surface area contributed by atoms with Crippen LogP contribution in [0, 0.1) is 0 Å². The van der Waals surface area contributed by atoms with Crippen molar-refractivity contribution >= 4 is 6.09 Å². The van der Waals surface area contributed by atoms with Crippen LogP contribution in [0.1, 0.15) is 25.7 Å². The Kier molecular flexibility index (Phi) is 8.04. The second-order valence-corrected chi connectivity index (χ2v) is 5.78. The van der Waals surface area contributed by atoms with Crippen LogP contribution in [0.3, 0.4) is 0 Å². The van der Waals surface area contributed by atoms with Crippen LogP contribution in [0.2, 0.25) is 0 Å². The number of hydrogen-bond donors (Lipinski definition) is 2. The molecule has 23 heavy (non-hydrogen) atoms. The largest absolute Gasteiger partial charge is 0.465 e. The predicted octanol–water partition coefficient (Wildman–Crippen LogP) is 0.676. The van der Waals surface area contributed by atoms with Gasteiger partial charge in [0.25, 0.3) is 0 Å². The zero-order chi connectivity index (χ0) is 16.5. The third-order valence-electron chi connectivity index (χ3n) is 4.08. The first-order valence-electron chi connectivity index (χ1n) is 8.23. The summed E-state index contributed by atoms with van der Waals surface area (Å²) in [4.78, 5) is 12.2. The summed E-state index contributed by atoms with van der Waals surface area (Å²) < 4.78 is 22.0. The first kappa shape index (κ1) is 18.4. The van der Waals surface area contributed by atoms with Crippen molar-refractivity contribution in [3.63, 3.8) is 0 Å². The normalized spacial score (nSPS) is 28.2. The molecule has 2 heterocycles. The van der Waals surface area contributed by atoms with Gasteiger partial charge in [-0.3, -0.25) is 0 Å². The van der Waals surface area contributed by atoms with Crippen LogP contribution in [0.5, 0.6) is 0 Å². The average Bonchev–Trinajstić information content (AvgIpc) is 2.98. The molecule has 8 heteroatoms. The first-order valence-corrected chi connectivity index (χ1v) is 8.23. The molecule has 2 aliphatic heterocycles. The molecule has 134 valence electrons. The van der Waals surface area contributed by atoms with E-state index in [9.17, 15) is 4.79 Å². The highest BCUT2D eigenvalue weighted by Crippen LogP contribution is 2.20. The van der Waals surface area contributed by atoms with Gasteiger partial charge in [0.05, 0.1) is 51.7 Å². The van der Waals surface area contributed by atoms with Gasteiger partial charge in [0.2, 0.25) is 0 Å². The van der Waals surface area contributed by atoms with Gasteiger partial charge in [0, 0.05) is 6.61 Å². The monoisotopic (exact) mass is 333 g/mol. The predicted molar refractivity (Wildman–Crippen MR) is 80.3 cm³/mol. The summed E-state index contributed by atoms with van der Waals surface area (Å²) in [5.41, 5.74) is 0. The molecule has 1 unspecified atom stereocenters. The number of ether oxygens (including phenoxy) is 4. The van der Waals surface area contributed by atoms with E-state index < -0.39 is 6.09 Å². The molecule has 0 aromatic carbocycles. The molecule has 0 aromatic heterocycles. The molecule has 2 fully saturated rings.